The number of hydrogen-bond acceptors (Lipinski definition) is 10. The van der Waals surface area contributed by atoms with Gasteiger partial charge in [-0.1, -0.05) is 0 Å². The van der Waals surface area contributed by atoms with Crippen molar-refractivity contribution >= 4 is 43.9 Å². The molecule has 10 nitrogen and oxygen atoms in total. The number of nitrogens with zero attached hydrogens (tertiary/aromatic N) is 4. The summed E-state index contributed by atoms with van der Waals surface area (Å²) in [6.45, 7) is 2.62. The summed E-state index contributed by atoms with van der Waals surface area (Å²) in [5.41, 5.74) is 2.51. The summed E-state index contributed by atoms with van der Waals surface area (Å²) in [7, 11) is -1.20. The zero-order valence-electron chi connectivity index (χ0n) is 21.1. The van der Waals surface area contributed by atoms with Crippen LogP contribution in [-0.2, 0) is 9.84 Å². The van der Waals surface area contributed by atoms with E-state index in [2.05, 4.69) is 30.5 Å². The summed E-state index contributed by atoms with van der Waals surface area (Å²) in [4.78, 5) is 15.5. The normalized spacial score (nSPS) is 15.2. The predicted octanol–water partition coefficient (Wildman–Crippen LogP) is 4.02. The van der Waals surface area contributed by atoms with Gasteiger partial charge in [0.1, 0.15) is 17.3 Å². The van der Waals surface area contributed by atoms with Crippen molar-refractivity contribution in [3.8, 4) is 11.5 Å². The van der Waals surface area contributed by atoms with Gasteiger partial charge in [0.25, 0.3) is 0 Å². The molecule has 0 amide bonds. The first-order valence-corrected chi connectivity index (χ1v) is 14.2. The highest BCUT2D eigenvalue weighted by molar-refractivity contribution is 7.91. The molecule has 5 rings (SSSR count). The van der Waals surface area contributed by atoms with Crippen LogP contribution in [0.3, 0.4) is 0 Å². The lowest BCUT2D eigenvalue weighted by Crippen LogP contribution is -2.40. The second-order valence-corrected chi connectivity index (χ2v) is 11.3. The van der Waals surface area contributed by atoms with Crippen LogP contribution in [0.1, 0.15) is 6.42 Å². The molecule has 0 saturated carbocycles. The Kier molecular flexibility index (Phi) is 7.85. The zero-order chi connectivity index (χ0) is 26.4. The molecule has 0 unspecified atom stereocenters. The standard InChI is InChI=1S/C27H30N6O4S/c1-36-24-6-3-20-17-22(19-29-25(20)18-24)30-26-9-10-28-27(32-26)31-21-4-7-23(8-5-21)37-14-2-11-33-12-15-38(34,35)16-13-33/h3-10,17-19H,2,11-16H2,1H3,(H2,28,30,31,32). The quantitative estimate of drug-likeness (QED) is 0.289. The van der Waals surface area contributed by atoms with E-state index in [1.54, 1.807) is 25.6 Å². The van der Waals surface area contributed by atoms with Gasteiger partial charge in [-0.15, -0.1) is 0 Å². The average Bonchev–Trinajstić information content (AvgIpc) is 2.93. The highest BCUT2D eigenvalue weighted by Gasteiger charge is 2.20. The number of nitrogens with one attached hydrogen (secondary N) is 2. The summed E-state index contributed by atoms with van der Waals surface area (Å²) < 4.78 is 34.2. The Bertz CT molecular complexity index is 1480. The predicted molar refractivity (Wildman–Crippen MR) is 149 cm³/mol. The number of hydrogen-bond donors (Lipinski definition) is 2. The highest BCUT2D eigenvalue weighted by atomic mass is 32.2. The van der Waals surface area contributed by atoms with Gasteiger partial charge in [0.2, 0.25) is 5.95 Å². The fourth-order valence-corrected chi connectivity index (χ4v) is 5.43. The molecule has 2 aromatic heterocycles. The molecule has 0 spiro atoms. The number of benzene rings is 2. The minimum absolute atomic E-state index is 0.252. The first-order valence-electron chi connectivity index (χ1n) is 12.4. The molecule has 0 radical (unpaired) electrons. The van der Waals surface area contributed by atoms with Crippen LogP contribution in [0.15, 0.2) is 67.0 Å². The molecule has 38 heavy (non-hydrogen) atoms. The number of methoxy groups -OCH3 is 1. The number of rotatable bonds is 10. The number of fused-ring (bicyclic) bond motifs is 1. The average molecular weight is 535 g/mol. The van der Waals surface area contributed by atoms with Crippen molar-refractivity contribution in [1.29, 1.82) is 0 Å². The van der Waals surface area contributed by atoms with Gasteiger partial charge in [-0.25, -0.2) is 13.4 Å². The van der Waals surface area contributed by atoms with Gasteiger partial charge in [0.05, 0.1) is 42.6 Å². The second-order valence-electron chi connectivity index (χ2n) is 9.02. The molecule has 1 aliphatic rings. The topological polar surface area (TPSA) is 119 Å². The highest BCUT2D eigenvalue weighted by Crippen LogP contribution is 2.24. The largest absolute Gasteiger partial charge is 0.497 e. The maximum atomic E-state index is 11.5. The van der Waals surface area contributed by atoms with E-state index in [9.17, 15) is 8.42 Å². The van der Waals surface area contributed by atoms with E-state index in [1.165, 1.54) is 0 Å². The lowest BCUT2D eigenvalue weighted by Gasteiger charge is -2.26. The Balaban J connectivity index is 1.11. The minimum Gasteiger partial charge on any atom is -0.497 e. The Morgan fingerprint density at radius 3 is 2.50 bits per heavy atom. The van der Waals surface area contributed by atoms with Gasteiger partial charge in [-0.05, 0) is 55.0 Å². The molecule has 1 aliphatic heterocycles. The van der Waals surface area contributed by atoms with Gasteiger partial charge >= 0.3 is 0 Å². The lowest BCUT2D eigenvalue weighted by molar-refractivity contribution is 0.246. The van der Waals surface area contributed by atoms with E-state index in [1.807, 2.05) is 48.5 Å². The van der Waals surface area contributed by atoms with Gasteiger partial charge in [-0.3, -0.25) is 4.98 Å². The molecule has 0 atom stereocenters. The van der Waals surface area contributed by atoms with Gasteiger partial charge < -0.3 is 25.0 Å². The van der Waals surface area contributed by atoms with E-state index in [-0.39, 0.29) is 11.5 Å². The van der Waals surface area contributed by atoms with Crippen molar-refractivity contribution in [3.63, 3.8) is 0 Å². The molecule has 3 heterocycles. The first kappa shape index (κ1) is 25.7. The lowest BCUT2D eigenvalue weighted by atomic mass is 10.2. The summed E-state index contributed by atoms with van der Waals surface area (Å²) in [5, 5.41) is 7.48. The zero-order valence-corrected chi connectivity index (χ0v) is 21.9. The summed E-state index contributed by atoms with van der Waals surface area (Å²) in [6.07, 6.45) is 4.29. The van der Waals surface area contributed by atoms with Crippen molar-refractivity contribution in [3.05, 3.63) is 67.0 Å². The monoisotopic (exact) mass is 534 g/mol. The Labute approximate surface area is 222 Å². The number of anilines is 4. The number of sulfone groups is 1. The Hall–Kier alpha value is -3.96. The van der Waals surface area contributed by atoms with Crippen molar-refractivity contribution in [2.45, 2.75) is 6.42 Å². The van der Waals surface area contributed by atoms with Gasteiger partial charge in [0, 0.05) is 43.0 Å². The molecule has 11 heteroatoms. The third-order valence-electron chi connectivity index (χ3n) is 6.25. The van der Waals surface area contributed by atoms with Crippen LogP contribution in [0.2, 0.25) is 0 Å². The smallest absolute Gasteiger partial charge is 0.229 e. The Morgan fingerprint density at radius 1 is 0.921 bits per heavy atom. The summed E-state index contributed by atoms with van der Waals surface area (Å²) >= 11 is 0. The van der Waals surface area contributed by atoms with Crippen LogP contribution in [0.4, 0.5) is 23.1 Å². The van der Waals surface area contributed by atoms with E-state index in [0.29, 0.717) is 31.5 Å². The third kappa shape index (κ3) is 6.87. The maximum absolute atomic E-state index is 11.5. The van der Waals surface area contributed by atoms with Crippen molar-refractivity contribution in [2.75, 3.05) is 55.5 Å². The van der Waals surface area contributed by atoms with Gasteiger partial charge in [-0.2, -0.15) is 4.98 Å². The van der Waals surface area contributed by atoms with E-state index < -0.39 is 9.84 Å². The van der Waals surface area contributed by atoms with Crippen molar-refractivity contribution in [1.82, 2.24) is 19.9 Å². The molecular weight excluding hydrogens is 504 g/mol. The fourth-order valence-electron chi connectivity index (χ4n) is 4.15. The van der Waals surface area contributed by atoms with Crippen LogP contribution >= 0.6 is 0 Å². The SMILES string of the molecule is COc1ccc2cc(Nc3ccnc(Nc4ccc(OCCCN5CCS(=O)(=O)CC5)cc4)n3)cnc2c1. The molecule has 0 bridgehead atoms. The maximum Gasteiger partial charge on any atom is 0.229 e. The van der Waals surface area contributed by atoms with Crippen LogP contribution in [-0.4, -0.2) is 73.1 Å². The van der Waals surface area contributed by atoms with Crippen molar-refractivity contribution < 1.29 is 17.9 Å². The molecule has 2 N–H and O–H groups in total. The van der Waals surface area contributed by atoms with Gasteiger partial charge in [0.15, 0.2) is 9.84 Å². The van der Waals surface area contributed by atoms with E-state index in [4.69, 9.17) is 9.47 Å². The number of pyridine rings is 1. The molecule has 4 aromatic rings. The molecule has 1 fully saturated rings. The van der Waals surface area contributed by atoms with Crippen LogP contribution < -0.4 is 20.1 Å². The van der Waals surface area contributed by atoms with Crippen LogP contribution in [0.25, 0.3) is 10.9 Å². The number of ether oxygens (including phenoxy) is 2. The minimum atomic E-state index is -2.84. The molecule has 0 aliphatic carbocycles. The number of aromatic nitrogens is 3. The summed E-state index contributed by atoms with van der Waals surface area (Å²) in [6, 6.07) is 17.2. The van der Waals surface area contributed by atoms with Crippen molar-refractivity contribution in [2.24, 2.45) is 0 Å². The molecule has 2 aromatic carbocycles. The third-order valence-corrected chi connectivity index (χ3v) is 7.86. The Morgan fingerprint density at radius 2 is 1.71 bits per heavy atom. The van der Waals surface area contributed by atoms with Crippen LogP contribution in [0.5, 0.6) is 11.5 Å². The van der Waals surface area contributed by atoms with E-state index >= 15 is 0 Å². The molecule has 198 valence electrons. The fraction of sp³-hybridized carbons (Fsp3) is 0.296. The molecular formula is C27H30N6O4S. The molecule has 1 saturated heterocycles. The van der Waals surface area contributed by atoms with Crippen LogP contribution in [0, 0.1) is 0 Å². The van der Waals surface area contributed by atoms with E-state index in [0.717, 1.165) is 46.7 Å². The second kappa shape index (κ2) is 11.6. The first-order chi connectivity index (χ1) is 18.5. The summed E-state index contributed by atoms with van der Waals surface area (Å²) in [5.74, 6) is 3.15.